The molecule has 0 aromatic rings. The molecule has 0 saturated heterocycles. The largest absolute Gasteiger partial charge is 0.0628 e. The summed E-state index contributed by atoms with van der Waals surface area (Å²) in [4.78, 5) is 0. The van der Waals surface area contributed by atoms with Gasteiger partial charge in [-0.05, 0) is 24.2 Å². The van der Waals surface area contributed by atoms with Gasteiger partial charge in [-0.15, -0.1) is 0 Å². The molecule has 0 aliphatic rings. The van der Waals surface area contributed by atoms with Gasteiger partial charge in [-0.25, -0.2) is 0 Å². The minimum absolute atomic E-state index is 0.833. The Balaban J connectivity index is 3.69. The lowest BCUT2D eigenvalue weighted by Gasteiger charge is -2.21. The topological polar surface area (TPSA) is 0 Å². The van der Waals surface area contributed by atoms with Gasteiger partial charge in [0.05, 0.1) is 0 Å². The summed E-state index contributed by atoms with van der Waals surface area (Å²) in [5.41, 5.74) is 0. The molecule has 0 spiro atoms. The lowest BCUT2D eigenvalue weighted by atomic mass is 9.84. The van der Waals surface area contributed by atoms with E-state index in [0.29, 0.717) is 0 Å². The predicted molar refractivity (Wildman–Crippen MR) is 52.4 cm³/mol. The van der Waals surface area contributed by atoms with Gasteiger partial charge in [0.1, 0.15) is 0 Å². The molecule has 0 saturated carbocycles. The van der Waals surface area contributed by atoms with Gasteiger partial charge in [0.25, 0.3) is 0 Å². The van der Waals surface area contributed by atoms with Crippen LogP contribution in [0.2, 0.25) is 0 Å². The zero-order chi connectivity index (χ0) is 8.85. The SMILES string of the molecule is [CH2]CCC(CC(C)C)C(C)C. The molecule has 1 unspecified atom stereocenters. The second-order valence-corrected chi connectivity index (χ2v) is 4.28. The van der Waals surface area contributed by atoms with Crippen molar-refractivity contribution >= 4 is 0 Å². The first-order chi connectivity index (χ1) is 5.07. The maximum absolute atomic E-state index is 3.92. The minimum Gasteiger partial charge on any atom is -0.0628 e. The van der Waals surface area contributed by atoms with Crippen molar-refractivity contribution in [3.05, 3.63) is 6.92 Å². The molecule has 0 aromatic carbocycles. The maximum Gasteiger partial charge on any atom is -0.0389 e. The Hall–Kier alpha value is 0. The molecular weight excluding hydrogens is 132 g/mol. The van der Waals surface area contributed by atoms with E-state index >= 15 is 0 Å². The first-order valence-corrected chi connectivity index (χ1v) is 4.87. The van der Waals surface area contributed by atoms with Crippen molar-refractivity contribution in [3.8, 4) is 0 Å². The van der Waals surface area contributed by atoms with E-state index in [2.05, 4.69) is 34.6 Å². The van der Waals surface area contributed by atoms with Crippen LogP contribution in [0.5, 0.6) is 0 Å². The summed E-state index contributed by atoms with van der Waals surface area (Å²) in [6.07, 6.45) is 3.76. The molecule has 11 heavy (non-hydrogen) atoms. The summed E-state index contributed by atoms with van der Waals surface area (Å²) in [6.45, 7) is 13.2. The van der Waals surface area contributed by atoms with Gasteiger partial charge in [0, 0.05) is 0 Å². The van der Waals surface area contributed by atoms with Gasteiger partial charge in [0.2, 0.25) is 0 Å². The molecule has 67 valence electrons. The number of hydrogen-bond acceptors (Lipinski definition) is 0. The highest BCUT2D eigenvalue weighted by atomic mass is 14.2. The average molecular weight is 155 g/mol. The summed E-state index contributed by atoms with van der Waals surface area (Å²) >= 11 is 0. The highest BCUT2D eigenvalue weighted by molar-refractivity contribution is 4.65. The standard InChI is InChI=1S/C11H23/c1-6-7-11(10(4)5)8-9(2)3/h9-11H,1,6-8H2,2-5H3. The Bertz CT molecular complexity index is 82.0. The molecule has 0 aliphatic heterocycles. The van der Waals surface area contributed by atoms with Crippen LogP contribution in [0.15, 0.2) is 0 Å². The van der Waals surface area contributed by atoms with E-state index in [1.807, 2.05) is 0 Å². The fourth-order valence-electron chi connectivity index (χ4n) is 1.59. The van der Waals surface area contributed by atoms with E-state index in [9.17, 15) is 0 Å². The molecule has 0 nitrogen and oxygen atoms in total. The van der Waals surface area contributed by atoms with E-state index in [-0.39, 0.29) is 0 Å². The summed E-state index contributed by atoms with van der Waals surface area (Å²) in [6, 6.07) is 0. The van der Waals surface area contributed by atoms with Crippen molar-refractivity contribution < 1.29 is 0 Å². The molecule has 0 rings (SSSR count). The van der Waals surface area contributed by atoms with E-state index in [0.717, 1.165) is 24.2 Å². The molecule has 0 heteroatoms. The maximum atomic E-state index is 3.92. The van der Waals surface area contributed by atoms with E-state index in [1.165, 1.54) is 12.8 Å². The summed E-state index contributed by atoms with van der Waals surface area (Å²) in [5.74, 6) is 2.57. The van der Waals surface area contributed by atoms with Gasteiger partial charge < -0.3 is 0 Å². The zero-order valence-corrected chi connectivity index (χ0v) is 8.56. The molecule has 0 aromatic heterocycles. The van der Waals surface area contributed by atoms with E-state index < -0.39 is 0 Å². The second-order valence-electron chi connectivity index (χ2n) is 4.28. The van der Waals surface area contributed by atoms with Gasteiger partial charge in [-0.1, -0.05) is 47.5 Å². The summed E-state index contributed by atoms with van der Waals surface area (Å²) < 4.78 is 0. The van der Waals surface area contributed by atoms with E-state index in [4.69, 9.17) is 0 Å². The van der Waals surface area contributed by atoms with Gasteiger partial charge >= 0.3 is 0 Å². The Morgan fingerprint density at radius 2 is 1.64 bits per heavy atom. The Morgan fingerprint density at radius 3 is 1.91 bits per heavy atom. The van der Waals surface area contributed by atoms with Crippen molar-refractivity contribution in [1.82, 2.24) is 0 Å². The number of rotatable bonds is 5. The molecule has 0 amide bonds. The molecule has 0 fully saturated rings. The third kappa shape index (κ3) is 5.29. The van der Waals surface area contributed by atoms with Crippen molar-refractivity contribution in [1.29, 1.82) is 0 Å². The van der Waals surface area contributed by atoms with Gasteiger partial charge in [-0.3, -0.25) is 0 Å². The van der Waals surface area contributed by atoms with Gasteiger partial charge in [-0.2, -0.15) is 0 Å². The van der Waals surface area contributed by atoms with Crippen LogP contribution in [-0.2, 0) is 0 Å². The fraction of sp³-hybridized carbons (Fsp3) is 0.909. The van der Waals surface area contributed by atoms with Crippen molar-refractivity contribution in [2.24, 2.45) is 17.8 Å². The Kier molecular flexibility index (Phi) is 5.62. The fourth-order valence-corrected chi connectivity index (χ4v) is 1.59. The minimum atomic E-state index is 0.833. The summed E-state index contributed by atoms with van der Waals surface area (Å²) in [5, 5.41) is 0. The van der Waals surface area contributed by atoms with Crippen LogP contribution >= 0.6 is 0 Å². The quantitative estimate of drug-likeness (QED) is 0.564. The molecule has 0 heterocycles. The number of hydrogen-bond donors (Lipinski definition) is 0. The molecule has 0 N–H and O–H groups in total. The lowest BCUT2D eigenvalue weighted by Crippen LogP contribution is -2.11. The predicted octanol–water partition coefficient (Wildman–Crippen LogP) is 3.92. The highest BCUT2D eigenvalue weighted by Crippen LogP contribution is 2.24. The lowest BCUT2D eigenvalue weighted by molar-refractivity contribution is 0.300. The monoisotopic (exact) mass is 155 g/mol. The zero-order valence-electron chi connectivity index (χ0n) is 8.56. The van der Waals surface area contributed by atoms with Crippen molar-refractivity contribution in [3.63, 3.8) is 0 Å². The smallest absolute Gasteiger partial charge is 0.0389 e. The van der Waals surface area contributed by atoms with Crippen LogP contribution < -0.4 is 0 Å². The molecule has 1 atom stereocenters. The molecule has 1 radical (unpaired) electrons. The molecule has 0 bridgehead atoms. The summed E-state index contributed by atoms with van der Waals surface area (Å²) in [7, 11) is 0. The molecular formula is C11H23. The Labute approximate surface area is 72.4 Å². The van der Waals surface area contributed by atoms with Gasteiger partial charge in [0.15, 0.2) is 0 Å². The van der Waals surface area contributed by atoms with Crippen LogP contribution in [0.1, 0.15) is 47.0 Å². The third-order valence-electron chi connectivity index (χ3n) is 2.29. The van der Waals surface area contributed by atoms with Crippen molar-refractivity contribution in [2.45, 2.75) is 47.0 Å². The van der Waals surface area contributed by atoms with E-state index in [1.54, 1.807) is 0 Å². The average Bonchev–Trinajstić information content (AvgIpc) is 1.86. The van der Waals surface area contributed by atoms with Crippen LogP contribution in [-0.4, -0.2) is 0 Å². The third-order valence-corrected chi connectivity index (χ3v) is 2.29. The second kappa shape index (κ2) is 5.62. The van der Waals surface area contributed by atoms with Crippen LogP contribution in [0.4, 0.5) is 0 Å². The van der Waals surface area contributed by atoms with Crippen LogP contribution in [0, 0.1) is 24.7 Å². The first kappa shape index (κ1) is 11.0. The normalized spacial score (nSPS) is 14.5. The highest BCUT2D eigenvalue weighted by Gasteiger charge is 2.13. The van der Waals surface area contributed by atoms with Crippen molar-refractivity contribution in [2.75, 3.05) is 0 Å². The van der Waals surface area contributed by atoms with Crippen LogP contribution in [0.25, 0.3) is 0 Å². The Morgan fingerprint density at radius 1 is 1.09 bits per heavy atom. The van der Waals surface area contributed by atoms with Crippen LogP contribution in [0.3, 0.4) is 0 Å². The molecule has 0 aliphatic carbocycles. The first-order valence-electron chi connectivity index (χ1n) is 4.87.